The van der Waals surface area contributed by atoms with Crippen LogP contribution in [0.15, 0.2) is 34.9 Å². The van der Waals surface area contributed by atoms with Crippen molar-refractivity contribution >= 4 is 23.4 Å². The molecule has 0 spiro atoms. The Balaban J connectivity index is 1.72. The van der Waals surface area contributed by atoms with Gasteiger partial charge in [-0.15, -0.1) is 6.42 Å². The number of rotatable bonds is 8. The molecule has 2 N–H and O–H groups in total. The molecule has 0 aliphatic carbocycles. The molecule has 25 heavy (non-hydrogen) atoms. The number of carbonyl (C=O) groups is 2. The average molecular weight is 360 g/mol. The van der Waals surface area contributed by atoms with Crippen molar-refractivity contribution in [1.82, 2.24) is 15.6 Å². The molecule has 0 atom stereocenters. The molecule has 130 valence electrons. The highest BCUT2D eigenvalue weighted by Gasteiger charge is 2.09. The van der Waals surface area contributed by atoms with Gasteiger partial charge in [0.15, 0.2) is 11.7 Å². The summed E-state index contributed by atoms with van der Waals surface area (Å²) in [6.45, 7) is 0.448. The van der Waals surface area contributed by atoms with E-state index in [9.17, 15) is 9.59 Å². The summed E-state index contributed by atoms with van der Waals surface area (Å²) in [5.74, 6) is 3.04. The number of hydrogen-bond donors (Lipinski definition) is 2. The summed E-state index contributed by atoms with van der Waals surface area (Å²) < 4.78 is 5.63. The Morgan fingerprint density at radius 2 is 1.88 bits per heavy atom. The molecule has 2 amide bonds. The van der Waals surface area contributed by atoms with E-state index in [4.69, 9.17) is 22.4 Å². The molecule has 6 nitrogen and oxygen atoms in total. The van der Waals surface area contributed by atoms with Gasteiger partial charge in [0.1, 0.15) is 0 Å². The van der Waals surface area contributed by atoms with Gasteiger partial charge in [-0.2, -0.15) is 0 Å². The number of hydrogen-bond acceptors (Lipinski definition) is 4. The van der Waals surface area contributed by atoms with Crippen LogP contribution in [0.25, 0.3) is 11.3 Å². The van der Waals surface area contributed by atoms with Crippen LogP contribution in [-0.2, 0) is 16.0 Å². The molecule has 0 saturated carbocycles. The quantitative estimate of drug-likeness (QED) is 0.707. The van der Waals surface area contributed by atoms with Gasteiger partial charge in [0.05, 0.1) is 12.7 Å². The van der Waals surface area contributed by atoms with Crippen LogP contribution in [0.3, 0.4) is 0 Å². The van der Waals surface area contributed by atoms with Gasteiger partial charge in [-0.25, -0.2) is 4.98 Å². The second-order valence-electron chi connectivity index (χ2n) is 5.21. The third-order valence-electron chi connectivity index (χ3n) is 3.31. The van der Waals surface area contributed by atoms with Gasteiger partial charge in [-0.1, -0.05) is 17.5 Å². The topological polar surface area (TPSA) is 84.2 Å². The van der Waals surface area contributed by atoms with E-state index >= 15 is 0 Å². The second-order valence-corrected chi connectivity index (χ2v) is 5.64. The summed E-state index contributed by atoms with van der Waals surface area (Å²) in [5.41, 5.74) is 0.866. The average Bonchev–Trinajstić information content (AvgIpc) is 3.08. The first-order valence-electron chi connectivity index (χ1n) is 7.76. The van der Waals surface area contributed by atoms with Crippen LogP contribution in [0.2, 0.25) is 5.02 Å². The van der Waals surface area contributed by atoms with Gasteiger partial charge in [0.25, 0.3) is 0 Å². The largest absolute Gasteiger partial charge is 0.441 e. The molecule has 1 aromatic heterocycles. The molecule has 2 aromatic rings. The van der Waals surface area contributed by atoms with Crippen LogP contribution in [0.5, 0.6) is 0 Å². The lowest BCUT2D eigenvalue weighted by Crippen LogP contribution is -2.30. The molecular weight excluding hydrogens is 342 g/mol. The van der Waals surface area contributed by atoms with Crippen LogP contribution in [0.1, 0.15) is 18.7 Å². The molecule has 0 radical (unpaired) electrons. The first-order valence-corrected chi connectivity index (χ1v) is 8.14. The van der Waals surface area contributed by atoms with Crippen LogP contribution in [0, 0.1) is 12.3 Å². The molecule has 1 aromatic carbocycles. The Kier molecular flexibility index (Phi) is 7.05. The Hall–Kier alpha value is -2.78. The number of aryl methyl sites for hydroxylation is 1. The van der Waals surface area contributed by atoms with Gasteiger partial charge < -0.3 is 15.1 Å². The minimum atomic E-state index is -0.196. The van der Waals surface area contributed by atoms with Gasteiger partial charge >= 0.3 is 0 Å². The molecule has 0 fully saturated rings. The molecule has 0 aliphatic heterocycles. The lowest BCUT2D eigenvalue weighted by Gasteiger charge is -2.04. The van der Waals surface area contributed by atoms with Crippen molar-refractivity contribution in [1.29, 1.82) is 0 Å². The zero-order valence-corrected chi connectivity index (χ0v) is 14.3. The number of nitrogens with zero attached hydrogens (tertiary/aromatic N) is 1. The summed E-state index contributed by atoms with van der Waals surface area (Å²) >= 11 is 5.85. The number of benzene rings is 1. The Bertz CT molecular complexity index is 763. The molecule has 2 rings (SSSR count). The van der Waals surface area contributed by atoms with Crippen LogP contribution in [-0.4, -0.2) is 29.9 Å². The van der Waals surface area contributed by atoms with E-state index in [1.165, 1.54) is 0 Å². The lowest BCUT2D eigenvalue weighted by atomic mass is 10.2. The lowest BCUT2D eigenvalue weighted by molar-refractivity contribution is -0.122. The fraction of sp³-hybridized carbons (Fsp3) is 0.278. The monoisotopic (exact) mass is 359 g/mol. The van der Waals surface area contributed by atoms with E-state index < -0.39 is 0 Å². The summed E-state index contributed by atoms with van der Waals surface area (Å²) in [4.78, 5) is 27.3. The maximum Gasteiger partial charge on any atom is 0.222 e. The highest BCUT2D eigenvalue weighted by Crippen LogP contribution is 2.22. The van der Waals surface area contributed by atoms with Crippen molar-refractivity contribution in [2.24, 2.45) is 0 Å². The van der Waals surface area contributed by atoms with E-state index in [0.717, 1.165) is 5.56 Å². The number of aromatic nitrogens is 1. The zero-order valence-electron chi connectivity index (χ0n) is 13.5. The van der Waals surface area contributed by atoms with E-state index in [2.05, 4.69) is 21.5 Å². The fourth-order valence-electron chi connectivity index (χ4n) is 2.04. The number of amides is 2. The predicted octanol–water partition coefficient (Wildman–Crippen LogP) is 2.18. The highest BCUT2D eigenvalue weighted by molar-refractivity contribution is 6.30. The standard InChI is InChI=1S/C18H18ClN3O3/c1-2-10-20-17(24)9-11-21-16(23)7-8-18-22-12-15(25-18)13-3-5-14(19)6-4-13/h1,3-6,12H,7-11H2,(H,20,24)(H,21,23). The number of halogens is 1. The van der Waals surface area contributed by atoms with Crippen molar-refractivity contribution in [2.75, 3.05) is 13.1 Å². The van der Waals surface area contributed by atoms with E-state index in [-0.39, 0.29) is 37.7 Å². The zero-order chi connectivity index (χ0) is 18.1. The van der Waals surface area contributed by atoms with Gasteiger partial charge in [-0.3, -0.25) is 9.59 Å². The Morgan fingerprint density at radius 3 is 2.60 bits per heavy atom. The van der Waals surface area contributed by atoms with Gasteiger partial charge in [-0.05, 0) is 24.3 Å². The van der Waals surface area contributed by atoms with E-state index in [1.807, 2.05) is 12.1 Å². The molecular formula is C18H18ClN3O3. The molecule has 0 unspecified atom stereocenters. The third-order valence-corrected chi connectivity index (χ3v) is 3.56. The molecule has 0 bridgehead atoms. The van der Waals surface area contributed by atoms with Crippen LogP contribution < -0.4 is 10.6 Å². The second kappa shape index (κ2) is 9.50. The van der Waals surface area contributed by atoms with Crippen LogP contribution >= 0.6 is 11.6 Å². The SMILES string of the molecule is C#CCNC(=O)CCNC(=O)CCc1ncc(-c2ccc(Cl)cc2)o1. The first-order chi connectivity index (χ1) is 12.1. The highest BCUT2D eigenvalue weighted by atomic mass is 35.5. The third kappa shape index (κ3) is 6.32. The minimum Gasteiger partial charge on any atom is -0.441 e. The van der Waals surface area contributed by atoms with Crippen LogP contribution in [0.4, 0.5) is 0 Å². The Labute approximate surface area is 151 Å². The number of terminal acetylenes is 1. The first kappa shape index (κ1) is 18.6. The Morgan fingerprint density at radius 1 is 1.16 bits per heavy atom. The van der Waals surface area contributed by atoms with Crippen molar-refractivity contribution < 1.29 is 14.0 Å². The number of oxazole rings is 1. The minimum absolute atomic E-state index is 0.170. The normalized spacial score (nSPS) is 10.1. The number of carbonyl (C=O) groups excluding carboxylic acids is 2. The van der Waals surface area contributed by atoms with Gasteiger partial charge in [0.2, 0.25) is 11.8 Å². The maximum atomic E-state index is 11.8. The van der Waals surface area contributed by atoms with Gasteiger partial charge in [0, 0.05) is 36.4 Å². The summed E-state index contributed by atoms with van der Waals surface area (Å²) in [6, 6.07) is 7.22. The molecule has 7 heteroatoms. The van der Waals surface area contributed by atoms with Crippen molar-refractivity contribution in [3.05, 3.63) is 41.4 Å². The number of nitrogens with one attached hydrogen (secondary N) is 2. The fourth-order valence-corrected chi connectivity index (χ4v) is 2.16. The van der Waals surface area contributed by atoms with Crippen molar-refractivity contribution in [3.63, 3.8) is 0 Å². The molecule has 0 aliphatic rings. The summed E-state index contributed by atoms with van der Waals surface area (Å²) in [5, 5.41) is 5.84. The summed E-state index contributed by atoms with van der Waals surface area (Å²) in [6.07, 6.45) is 7.45. The van der Waals surface area contributed by atoms with Crippen molar-refractivity contribution in [2.45, 2.75) is 19.3 Å². The predicted molar refractivity (Wildman–Crippen MR) is 94.7 cm³/mol. The smallest absolute Gasteiger partial charge is 0.222 e. The maximum absolute atomic E-state index is 11.8. The molecule has 1 heterocycles. The molecule has 0 saturated heterocycles. The van der Waals surface area contributed by atoms with E-state index in [0.29, 0.717) is 23.1 Å². The van der Waals surface area contributed by atoms with Crippen molar-refractivity contribution in [3.8, 4) is 23.7 Å². The summed E-state index contributed by atoms with van der Waals surface area (Å²) in [7, 11) is 0. The van der Waals surface area contributed by atoms with E-state index in [1.54, 1.807) is 18.3 Å².